The Morgan fingerprint density at radius 2 is 1.56 bits per heavy atom. The van der Waals surface area contributed by atoms with Gasteiger partial charge in [-0.05, 0) is 48.6 Å². The van der Waals surface area contributed by atoms with E-state index in [1.54, 1.807) is 95.3 Å². The Labute approximate surface area is 314 Å². The summed E-state index contributed by atoms with van der Waals surface area (Å²) < 4.78 is 23.7. The lowest BCUT2D eigenvalue weighted by molar-refractivity contribution is -0.338. The van der Waals surface area contributed by atoms with Gasteiger partial charge in [0.1, 0.15) is 12.2 Å². The molecule has 1 amide bonds. The molecule has 2 aromatic rings. The molecule has 2 saturated carbocycles. The number of hydrogen-bond donors (Lipinski definition) is 4. The van der Waals surface area contributed by atoms with Gasteiger partial charge in [0.2, 0.25) is 0 Å². The van der Waals surface area contributed by atoms with Gasteiger partial charge < -0.3 is 39.6 Å². The highest BCUT2D eigenvalue weighted by molar-refractivity contribution is 5.96. The number of ketones is 1. The first-order chi connectivity index (χ1) is 25.3. The smallest absolute Gasteiger partial charge is 0.338 e. The second kappa shape index (κ2) is 14.0. The van der Waals surface area contributed by atoms with Gasteiger partial charge in [-0.3, -0.25) is 19.2 Å². The molecule has 13 heteroatoms. The zero-order valence-electron chi connectivity index (χ0n) is 31.5. The van der Waals surface area contributed by atoms with Crippen LogP contribution in [0.1, 0.15) is 83.3 Å². The second-order valence-electron chi connectivity index (χ2n) is 16.0. The predicted molar refractivity (Wildman–Crippen MR) is 191 cm³/mol. The number of esters is 3. The van der Waals surface area contributed by atoms with Crippen molar-refractivity contribution >= 4 is 29.6 Å². The zero-order chi connectivity index (χ0) is 39.5. The molecular weight excluding hydrogens is 698 g/mol. The van der Waals surface area contributed by atoms with Gasteiger partial charge in [0.25, 0.3) is 5.91 Å². The summed E-state index contributed by atoms with van der Waals surface area (Å²) in [7, 11) is 0. The number of benzene rings is 2. The molecule has 3 aliphatic carbocycles. The first-order valence-electron chi connectivity index (χ1n) is 18.2. The van der Waals surface area contributed by atoms with Crippen LogP contribution in [-0.4, -0.2) is 93.2 Å². The molecule has 2 bridgehead atoms. The third kappa shape index (κ3) is 6.05. The van der Waals surface area contributed by atoms with E-state index in [9.17, 15) is 34.5 Å². The van der Waals surface area contributed by atoms with E-state index < -0.39 is 100 Å². The Bertz CT molecular complexity index is 1860. The number of fused-ring (bicyclic) bond motifs is 5. The number of rotatable bonds is 8. The highest BCUT2D eigenvalue weighted by atomic mass is 16.6. The quantitative estimate of drug-likeness (QED) is 0.175. The Kier molecular flexibility index (Phi) is 10.2. The molecule has 11 unspecified atom stereocenters. The van der Waals surface area contributed by atoms with Crippen LogP contribution < -0.4 is 5.32 Å². The van der Waals surface area contributed by atoms with Crippen molar-refractivity contribution in [1.29, 1.82) is 0 Å². The Balaban J connectivity index is 1.44. The van der Waals surface area contributed by atoms with E-state index in [1.807, 2.05) is 0 Å². The molecule has 54 heavy (non-hydrogen) atoms. The average Bonchev–Trinajstić information content (AvgIpc) is 3.12. The molecule has 0 aromatic heterocycles. The van der Waals surface area contributed by atoms with Gasteiger partial charge in [0.15, 0.2) is 23.6 Å². The van der Waals surface area contributed by atoms with Crippen LogP contribution in [0.4, 0.5) is 0 Å². The zero-order valence-corrected chi connectivity index (χ0v) is 31.5. The predicted octanol–water partition coefficient (Wildman–Crippen LogP) is 3.15. The summed E-state index contributed by atoms with van der Waals surface area (Å²) in [5.41, 5.74) is -5.09. The summed E-state index contributed by atoms with van der Waals surface area (Å²) in [6.45, 7) is 10.6. The van der Waals surface area contributed by atoms with Crippen molar-refractivity contribution in [2.45, 2.75) is 109 Å². The topological polar surface area (TPSA) is 195 Å². The summed E-state index contributed by atoms with van der Waals surface area (Å²) in [4.78, 5) is 67.8. The van der Waals surface area contributed by atoms with Gasteiger partial charge in [0.05, 0.1) is 29.8 Å². The first kappa shape index (κ1) is 39.3. The van der Waals surface area contributed by atoms with Crippen molar-refractivity contribution in [3.8, 4) is 0 Å². The fourth-order valence-corrected chi connectivity index (χ4v) is 9.91. The molecule has 290 valence electrons. The second-order valence-corrected chi connectivity index (χ2v) is 16.0. The van der Waals surface area contributed by atoms with Crippen LogP contribution in [0.15, 0.2) is 71.8 Å². The average molecular weight is 748 g/mol. The molecule has 13 nitrogen and oxygen atoms in total. The molecule has 4 aliphatic rings. The van der Waals surface area contributed by atoms with Crippen molar-refractivity contribution in [1.82, 2.24) is 5.32 Å². The number of aliphatic hydroxyl groups excluding tert-OH is 2. The van der Waals surface area contributed by atoms with E-state index in [2.05, 4.69) is 5.32 Å². The third-order valence-electron chi connectivity index (χ3n) is 12.7. The van der Waals surface area contributed by atoms with Crippen molar-refractivity contribution in [3.63, 3.8) is 0 Å². The molecule has 6 rings (SSSR count). The van der Waals surface area contributed by atoms with Gasteiger partial charge in [0, 0.05) is 43.6 Å². The summed E-state index contributed by atoms with van der Waals surface area (Å²) in [5, 5.41) is 39.3. The Hall–Kier alpha value is -4.43. The highest BCUT2D eigenvalue weighted by Gasteiger charge is 2.76. The maximum atomic E-state index is 15.1. The van der Waals surface area contributed by atoms with E-state index >= 15 is 4.79 Å². The number of Topliss-reactive ketones (excluding diaryl/α,β-unsaturated/α-hetero) is 1. The maximum Gasteiger partial charge on any atom is 0.338 e. The van der Waals surface area contributed by atoms with Gasteiger partial charge in [-0.1, -0.05) is 69.3 Å². The van der Waals surface area contributed by atoms with Gasteiger partial charge >= 0.3 is 17.9 Å². The minimum absolute atomic E-state index is 0.0487. The van der Waals surface area contributed by atoms with E-state index in [0.29, 0.717) is 16.7 Å². The number of aliphatic hydroxyl groups is 3. The lowest BCUT2D eigenvalue weighted by Gasteiger charge is -2.68. The fraction of sp³-hybridized carbons (Fsp3) is 0.537. The number of hydrogen-bond acceptors (Lipinski definition) is 12. The van der Waals surface area contributed by atoms with Crippen LogP contribution in [0.3, 0.4) is 0 Å². The molecule has 0 radical (unpaired) electrons. The molecule has 1 saturated heterocycles. The monoisotopic (exact) mass is 747 g/mol. The largest absolute Gasteiger partial charge is 0.456 e. The van der Waals surface area contributed by atoms with E-state index in [1.165, 1.54) is 6.92 Å². The van der Waals surface area contributed by atoms with Gasteiger partial charge in [-0.25, -0.2) is 4.79 Å². The van der Waals surface area contributed by atoms with Gasteiger partial charge in [-0.2, -0.15) is 0 Å². The molecule has 3 fully saturated rings. The van der Waals surface area contributed by atoms with Crippen LogP contribution in [0.5, 0.6) is 0 Å². The molecular formula is C41H49NO12. The molecule has 11 atom stereocenters. The standard InChI is InChI=1S/C41H49NO12/c1-21-27(53-37(49)32(46)31(25-14-10-8-11-15-25)42-36(48)26-16-12-9-13-17-26)19-41(50)22(2)34-39(7,28(45)18-29-40(34,20-51-29)54-24(4)44)35(47)33(52-23(3)43)30(21)38(41,5)6/h8-17,22,27-29,31-34,45-46,50H,18-20H2,1-7H3,(H,42,48). The number of ether oxygens (including phenoxy) is 4. The summed E-state index contributed by atoms with van der Waals surface area (Å²) in [6.07, 6.45) is -7.23. The van der Waals surface area contributed by atoms with Crippen LogP contribution in [0, 0.1) is 22.7 Å². The van der Waals surface area contributed by atoms with E-state index in [-0.39, 0.29) is 25.0 Å². The van der Waals surface area contributed by atoms with Crippen molar-refractivity contribution < 1.29 is 58.2 Å². The number of carbonyl (C=O) groups is 5. The maximum absolute atomic E-state index is 15.1. The summed E-state index contributed by atoms with van der Waals surface area (Å²) in [5.74, 6) is -5.76. The number of nitrogens with one attached hydrogen (secondary N) is 1. The number of amides is 1. The SMILES string of the molecule is CC(=O)OC1C(=O)C2(C)C(O)CC3OCC3(OC(C)=O)C2C(C)C2(O)CC(OC(=O)C(O)C(NC(=O)c3ccccc3)c3ccccc3)C(C)=C1C2(C)C. The Morgan fingerprint density at radius 3 is 2.11 bits per heavy atom. The van der Waals surface area contributed by atoms with Crippen LogP contribution in [0.2, 0.25) is 0 Å². The highest BCUT2D eigenvalue weighted by Crippen LogP contribution is 2.65. The minimum Gasteiger partial charge on any atom is -0.456 e. The van der Waals surface area contributed by atoms with Crippen LogP contribution in [0.25, 0.3) is 0 Å². The number of carbonyl (C=O) groups excluding carboxylic acids is 5. The Morgan fingerprint density at radius 1 is 0.944 bits per heavy atom. The summed E-state index contributed by atoms with van der Waals surface area (Å²) in [6, 6.07) is 15.5. The fourth-order valence-electron chi connectivity index (χ4n) is 9.91. The lowest BCUT2D eigenvalue weighted by Crippen LogP contribution is -2.79. The van der Waals surface area contributed by atoms with E-state index in [4.69, 9.17) is 18.9 Å². The van der Waals surface area contributed by atoms with E-state index in [0.717, 1.165) is 6.92 Å². The van der Waals surface area contributed by atoms with Crippen LogP contribution >= 0.6 is 0 Å². The van der Waals surface area contributed by atoms with Crippen molar-refractivity contribution in [2.75, 3.05) is 6.61 Å². The van der Waals surface area contributed by atoms with Crippen molar-refractivity contribution in [3.05, 3.63) is 82.9 Å². The van der Waals surface area contributed by atoms with Gasteiger partial charge in [-0.15, -0.1) is 0 Å². The molecule has 1 aliphatic heterocycles. The van der Waals surface area contributed by atoms with Crippen LogP contribution in [-0.2, 0) is 38.1 Å². The first-order valence-corrected chi connectivity index (χ1v) is 18.2. The van der Waals surface area contributed by atoms with Crippen molar-refractivity contribution in [2.24, 2.45) is 22.7 Å². The summed E-state index contributed by atoms with van der Waals surface area (Å²) >= 11 is 0. The molecule has 1 heterocycles. The molecule has 0 spiro atoms. The molecule has 4 N–H and O–H groups in total. The third-order valence-corrected chi connectivity index (χ3v) is 12.7. The normalized spacial score (nSPS) is 35.0. The minimum atomic E-state index is -1.92. The lowest BCUT2D eigenvalue weighted by atomic mass is 9.42. The molecule has 2 aromatic carbocycles.